The van der Waals surface area contributed by atoms with Gasteiger partial charge < -0.3 is 31.2 Å². The Morgan fingerprint density at radius 1 is 1.10 bits per heavy atom. The smallest absolute Gasteiger partial charge is 0.318 e. The molecule has 2 aliphatic heterocycles. The molecule has 1 unspecified atom stereocenters. The highest BCUT2D eigenvalue weighted by Crippen LogP contribution is 2.32. The number of likely N-dealkylation sites (N-methyl/N-ethyl adjacent to an activating group) is 1. The number of carbonyl (C=O) groups excluding carboxylic acids is 3. The van der Waals surface area contributed by atoms with E-state index < -0.39 is 6.17 Å². The first-order valence-electron chi connectivity index (χ1n) is 13.0. The zero-order valence-electron chi connectivity index (χ0n) is 22.8. The molecule has 39 heavy (non-hydrogen) atoms. The van der Waals surface area contributed by atoms with Crippen LogP contribution in [-0.4, -0.2) is 67.0 Å². The number of amides is 4. The molecule has 2 aromatic carbocycles. The Morgan fingerprint density at radius 3 is 2.41 bits per heavy atom. The maximum absolute atomic E-state index is 13.6. The maximum atomic E-state index is 13.6. The zero-order valence-corrected chi connectivity index (χ0v) is 22.8. The van der Waals surface area contributed by atoms with Crippen molar-refractivity contribution in [2.24, 2.45) is 5.92 Å². The monoisotopic (exact) mass is 531 g/mol. The van der Waals surface area contributed by atoms with Gasteiger partial charge in [-0.15, -0.1) is 0 Å². The van der Waals surface area contributed by atoms with Crippen LogP contribution in [0.2, 0.25) is 0 Å². The standard InChI is InChI=1S/C29H37N7O3/c1-6-24(37)30-21-14-12-20(13-15-21)28(38)32-27-22-16-36(26(18(2)3)25(22)33-34-27)29(39)31-23(17-35(4)5)19-10-8-7-9-11-19/h6-15,18,23,26-27,33-34H,1,16-17H2,2-5H3,(H,30,37)(H,31,39)(H,32,38)/t23-,26+,27?/m1/s1. The molecular weight excluding hydrogens is 494 g/mol. The molecule has 0 bridgehead atoms. The van der Waals surface area contributed by atoms with Crippen molar-refractivity contribution in [3.8, 4) is 0 Å². The highest BCUT2D eigenvalue weighted by atomic mass is 16.2. The van der Waals surface area contributed by atoms with Crippen LogP contribution in [0.5, 0.6) is 0 Å². The summed E-state index contributed by atoms with van der Waals surface area (Å²) < 4.78 is 0. The van der Waals surface area contributed by atoms with Gasteiger partial charge in [-0.25, -0.2) is 10.2 Å². The fraction of sp³-hybridized carbons (Fsp3) is 0.345. The molecule has 0 spiro atoms. The van der Waals surface area contributed by atoms with Gasteiger partial charge in [-0.1, -0.05) is 50.8 Å². The number of hydrogen-bond acceptors (Lipinski definition) is 6. The van der Waals surface area contributed by atoms with E-state index in [9.17, 15) is 14.4 Å². The van der Waals surface area contributed by atoms with Crippen LogP contribution in [0.15, 0.2) is 78.5 Å². The Morgan fingerprint density at radius 2 is 1.79 bits per heavy atom. The minimum Gasteiger partial charge on any atom is -0.331 e. The van der Waals surface area contributed by atoms with Crippen molar-refractivity contribution < 1.29 is 14.4 Å². The largest absolute Gasteiger partial charge is 0.331 e. The highest BCUT2D eigenvalue weighted by molar-refractivity contribution is 5.99. The van der Waals surface area contributed by atoms with Crippen molar-refractivity contribution in [1.82, 2.24) is 31.3 Å². The van der Waals surface area contributed by atoms with Crippen LogP contribution in [0, 0.1) is 5.92 Å². The molecule has 0 aliphatic carbocycles. The van der Waals surface area contributed by atoms with E-state index in [1.807, 2.05) is 49.3 Å². The van der Waals surface area contributed by atoms with E-state index in [2.05, 4.69) is 52.1 Å². The number of anilines is 1. The van der Waals surface area contributed by atoms with Gasteiger partial charge in [0.15, 0.2) is 0 Å². The van der Waals surface area contributed by atoms with Crippen molar-refractivity contribution in [3.63, 3.8) is 0 Å². The van der Waals surface area contributed by atoms with E-state index in [1.54, 1.807) is 24.3 Å². The fourth-order valence-electron chi connectivity index (χ4n) is 4.99. The number of nitrogens with zero attached hydrogens (tertiary/aromatic N) is 2. The Balaban J connectivity index is 1.46. The van der Waals surface area contributed by atoms with Gasteiger partial charge >= 0.3 is 6.03 Å². The molecule has 2 aliphatic rings. The zero-order chi connectivity index (χ0) is 28.1. The third-order valence-corrected chi connectivity index (χ3v) is 6.83. The summed E-state index contributed by atoms with van der Waals surface area (Å²) >= 11 is 0. The van der Waals surface area contributed by atoms with Gasteiger partial charge in [0.25, 0.3) is 5.91 Å². The maximum Gasteiger partial charge on any atom is 0.318 e. The van der Waals surface area contributed by atoms with Gasteiger partial charge in [0.2, 0.25) is 5.91 Å². The molecule has 4 amide bonds. The molecule has 206 valence electrons. The lowest BCUT2D eigenvalue weighted by Crippen LogP contribution is -2.54. The molecule has 3 atom stereocenters. The topological polar surface area (TPSA) is 118 Å². The molecule has 0 fully saturated rings. The normalized spacial score (nSPS) is 19.0. The summed E-state index contributed by atoms with van der Waals surface area (Å²) in [5.74, 6) is -0.447. The fourth-order valence-corrected chi connectivity index (χ4v) is 4.99. The summed E-state index contributed by atoms with van der Waals surface area (Å²) in [6, 6.07) is 16.1. The minimum absolute atomic E-state index is 0.148. The van der Waals surface area contributed by atoms with Crippen molar-refractivity contribution in [1.29, 1.82) is 0 Å². The molecule has 2 heterocycles. The van der Waals surface area contributed by atoms with Gasteiger partial charge in [0, 0.05) is 29.9 Å². The summed E-state index contributed by atoms with van der Waals surface area (Å²) in [7, 11) is 3.97. The molecule has 0 saturated carbocycles. The third-order valence-electron chi connectivity index (χ3n) is 6.83. The highest BCUT2D eigenvalue weighted by Gasteiger charge is 2.44. The quantitative estimate of drug-likeness (QED) is 0.318. The number of hydrazine groups is 1. The lowest BCUT2D eigenvalue weighted by Gasteiger charge is -2.33. The Kier molecular flexibility index (Phi) is 8.68. The molecule has 0 radical (unpaired) electrons. The van der Waals surface area contributed by atoms with E-state index in [0.29, 0.717) is 24.3 Å². The summed E-state index contributed by atoms with van der Waals surface area (Å²) in [6.45, 7) is 8.64. The predicted molar refractivity (Wildman–Crippen MR) is 151 cm³/mol. The van der Waals surface area contributed by atoms with Crippen LogP contribution in [-0.2, 0) is 4.79 Å². The van der Waals surface area contributed by atoms with E-state index in [1.165, 1.54) is 6.08 Å². The first-order chi connectivity index (χ1) is 18.7. The number of benzene rings is 2. The lowest BCUT2D eigenvalue weighted by molar-refractivity contribution is -0.111. The van der Waals surface area contributed by atoms with E-state index >= 15 is 0 Å². The van der Waals surface area contributed by atoms with Gasteiger partial charge in [-0.05, 0) is 55.9 Å². The summed E-state index contributed by atoms with van der Waals surface area (Å²) in [5, 5.41) is 8.90. The van der Waals surface area contributed by atoms with Crippen LogP contribution in [0.25, 0.3) is 0 Å². The molecule has 4 rings (SSSR count). The van der Waals surface area contributed by atoms with Crippen LogP contribution < -0.4 is 26.8 Å². The second-order valence-electron chi connectivity index (χ2n) is 10.4. The van der Waals surface area contributed by atoms with Crippen LogP contribution >= 0.6 is 0 Å². The summed E-state index contributed by atoms with van der Waals surface area (Å²) in [4.78, 5) is 42.0. The van der Waals surface area contributed by atoms with Gasteiger partial charge in [-0.3, -0.25) is 9.59 Å². The Bertz CT molecular complexity index is 1240. The Hall–Kier alpha value is -4.15. The predicted octanol–water partition coefficient (Wildman–Crippen LogP) is 2.58. The van der Waals surface area contributed by atoms with Crippen molar-refractivity contribution in [3.05, 3.63) is 89.6 Å². The molecule has 5 N–H and O–H groups in total. The summed E-state index contributed by atoms with van der Waals surface area (Å²) in [5.41, 5.74) is 10.3. The first-order valence-corrected chi connectivity index (χ1v) is 13.0. The minimum atomic E-state index is -0.474. The van der Waals surface area contributed by atoms with E-state index in [4.69, 9.17) is 0 Å². The number of hydrogen-bond donors (Lipinski definition) is 5. The SMILES string of the molecule is C=CC(=O)Nc1ccc(C(=O)NC2NNC3=C2CN(C(=O)N[C@H](CN(C)C)c2ccccc2)[C@H]3C(C)C)cc1. The molecule has 0 saturated heterocycles. The average molecular weight is 532 g/mol. The lowest BCUT2D eigenvalue weighted by atomic mass is 10.0. The Labute approximate surface area is 229 Å². The molecule has 10 nitrogen and oxygen atoms in total. The van der Waals surface area contributed by atoms with Crippen molar-refractivity contribution in [2.75, 3.05) is 32.5 Å². The number of carbonyl (C=O) groups is 3. The van der Waals surface area contributed by atoms with Crippen LogP contribution in [0.1, 0.15) is 35.8 Å². The number of urea groups is 1. The van der Waals surface area contributed by atoms with Crippen LogP contribution in [0.3, 0.4) is 0 Å². The van der Waals surface area contributed by atoms with E-state index in [-0.39, 0.29) is 35.8 Å². The average Bonchev–Trinajstić information content (AvgIpc) is 3.48. The van der Waals surface area contributed by atoms with Crippen molar-refractivity contribution >= 4 is 23.5 Å². The van der Waals surface area contributed by atoms with E-state index in [0.717, 1.165) is 16.8 Å². The first kappa shape index (κ1) is 27.9. The van der Waals surface area contributed by atoms with Crippen molar-refractivity contribution in [2.45, 2.75) is 32.1 Å². The second-order valence-corrected chi connectivity index (χ2v) is 10.4. The molecule has 0 aromatic heterocycles. The van der Waals surface area contributed by atoms with Gasteiger partial charge in [0.05, 0.1) is 17.8 Å². The second kappa shape index (κ2) is 12.1. The van der Waals surface area contributed by atoms with Crippen LogP contribution in [0.4, 0.5) is 10.5 Å². The third kappa shape index (κ3) is 6.47. The molecule has 10 heteroatoms. The number of rotatable bonds is 9. The van der Waals surface area contributed by atoms with Gasteiger partial charge in [0.1, 0.15) is 6.17 Å². The van der Waals surface area contributed by atoms with Gasteiger partial charge in [-0.2, -0.15) is 0 Å². The number of nitrogens with one attached hydrogen (secondary N) is 5. The molecule has 2 aromatic rings. The molecular formula is C29H37N7O3. The summed E-state index contributed by atoms with van der Waals surface area (Å²) in [6.07, 6.45) is 0.711.